The van der Waals surface area contributed by atoms with Crippen molar-refractivity contribution in [3.8, 4) is 22.8 Å². The predicted octanol–water partition coefficient (Wildman–Crippen LogP) is 5.63. The van der Waals surface area contributed by atoms with Crippen molar-refractivity contribution in [3.05, 3.63) is 42.1 Å². The molecule has 6 rings (SSSR count). The summed E-state index contributed by atoms with van der Waals surface area (Å²) in [6.45, 7) is 0.208. The number of amides is 1. The molecule has 1 aliphatic heterocycles. The van der Waals surface area contributed by atoms with E-state index in [2.05, 4.69) is 10.6 Å². The van der Waals surface area contributed by atoms with Gasteiger partial charge in [-0.3, -0.25) is 14.0 Å². The van der Waals surface area contributed by atoms with Crippen molar-refractivity contribution in [3.63, 3.8) is 0 Å². The van der Waals surface area contributed by atoms with Crippen molar-refractivity contribution < 1.29 is 24.2 Å². The first-order chi connectivity index (χ1) is 19.0. The molecule has 2 aromatic heterocycles. The van der Waals surface area contributed by atoms with E-state index in [0.29, 0.717) is 23.0 Å². The number of anilines is 1. The lowest BCUT2D eigenvalue weighted by Gasteiger charge is -2.30. The van der Waals surface area contributed by atoms with Crippen molar-refractivity contribution in [2.24, 2.45) is 5.92 Å². The normalized spacial score (nSPS) is 18.7. The second-order valence-electron chi connectivity index (χ2n) is 11.1. The van der Waals surface area contributed by atoms with Crippen LogP contribution in [0.1, 0.15) is 81.0 Å². The molecule has 3 aromatic rings. The zero-order valence-electron chi connectivity index (χ0n) is 22.2. The molecule has 0 radical (unpaired) electrons. The van der Waals surface area contributed by atoms with Gasteiger partial charge < -0.3 is 25.2 Å². The molecule has 3 N–H and O–H groups in total. The Morgan fingerprint density at radius 1 is 0.974 bits per heavy atom. The zero-order chi connectivity index (χ0) is 26.8. The second kappa shape index (κ2) is 11.2. The molecule has 9 nitrogen and oxygen atoms in total. The van der Waals surface area contributed by atoms with E-state index in [9.17, 15) is 14.7 Å². The molecule has 3 heterocycles. The molecule has 1 amide bonds. The van der Waals surface area contributed by atoms with Crippen molar-refractivity contribution in [1.82, 2.24) is 14.7 Å². The number of fused-ring (bicyclic) bond motifs is 2. The summed E-state index contributed by atoms with van der Waals surface area (Å²) in [4.78, 5) is 29.9. The van der Waals surface area contributed by atoms with Gasteiger partial charge in [-0.15, -0.1) is 0 Å². The lowest BCUT2D eigenvalue weighted by atomic mass is 9.82. The summed E-state index contributed by atoms with van der Waals surface area (Å²) in [7, 11) is 0. The molecule has 0 spiro atoms. The monoisotopic (exact) mass is 532 g/mol. The first-order valence-electron chi connectivity index (χ1n) is 14.3. The maximum Gasteiger partial charge on any atom is 0.305 e. The molecule has 9 heteroatoms. The van der Waals surface area contributed by atoms with Gasteiger partial charge in [-0.1, -0.05) is 38.5 Å². The number of pyridine rings is 1. The van der Waals surface area contributed by atoms with E-state index < -0.39 is 5.97 Å². The molecule has 2 fully saturated rings. The number of carboxylic acid groups (broad SMARTS) is 1. The summed E-state index contributed by atoms with van der Waals surface area (Å²) in [6, 6.07) is 9.40. The Balaban J connectivity index is 1.32. The van der Waals surface area contributed by atoms with Crippen LogP contribution in [0.2, 0.25) is 0 Å². The third-order valence-electron chi connectivity index (χ3n) is 8.41. The fourth-order valence-electron chi connectivity index (χ4n) is 6.32. The Morgan fingerprint density at radius 2 is 1.72 bits per heavy atom. The molecular formula is C30H36N4O5. The second-order valence-corrected chi connectivity index (χ2v) is 11.1. The van der Waals surface area contributed by atoms with Gasteiger partial charge >= 0.3 is 5.97 Å². The first-order valence-corrected chi connectivity index (χ1v) is 14.3. The summed E-state index contributed by atoms with van der Waals surface area (Å²) in [5, 5.41) is 16.3. The van der Waals surface area contributed by atoms with E-state index >= 15 is 0 Å². The number of nitrogens with zero attached hydrogens (tertiary/aromatic N) is 2. The maximum absolute atomic E-state index is 13.3. The number of aliphatic carboxylic acids is 1. The quantitative estimate of drug-likeness (QED) is 0.345. The average molecular weight is 533 g/mol. The van der Waals surface area contributed by atoms with Crippen LogP contribution in [-0.2, 0) is 4.79 Å². The van der Waals surface area contributed by atoms with Gasteiger partial charge in [0.05, 0.1) is 6.42 Å². The topological polar surface area (TPSA) is 114 Å². The smallest absolute Gasteiger partial charge is 0.305 e. The van der Waals surface area contributed by atoms with Gasteiger partial charge in [-0.05, 0) is 61.9 Å². The molecule has 206 valence electrons. The lowest BCUT2D eigenvalue weighted by molar-refractivity contribution is -0.137. The van der Waals surface area contributed by atoms with Crippen LogP contribution < -0.4 is 20.1 Å². The van der Waals surface area contributed by atoms with Crippen LogP contribution in [0.25, 0.3) is 16.9 Å². The van der Waals surface area contributed by atoms with Gasteiger partial charge in [-0.2, -0.15) is 0 Å². The number of rotatable bonds is 8. The molecule has 0 saturated heterocycles. The standard InChI is InChI=1S/C30H36N4O5/c35-27(36)17-23(19-7-3-1-4-8-19)32-30(37)21-13-14-34-26(16-21)33-28(29(34)31-22-9-5-2-6-10-22)20-11-12-24-25(15-20)39-18-38-24/h11-16,19,22-23,31H,1-10,17-18H2,(H,32,37)(H,35,36). The number of carbonyl (C=O) groups excluding carboxylic acids is 1. The molecule has 2 saturated carbocycles. The maximum atomic E-state index is 13.3. The van der Waals surface area contributed by atoms with Crippen LogP contribution in [0.5, 0.6) is 11.5 Å². The molecule has 1 unspecified atom stereocenters. The summed E-state index contributed by atoms with van der Waals surface area (Å²) in [6.07, 6.45) is 12.9. The van der Waals surface area contributed by atoms with Crippen molar-refractivity contribution in [1.29, 1.82) is 0 Å². The van der Waals surface area contributed by atoms with E-state index in [-0.39, 0.29) is 31.1 Å². The summed E-state index contributed by atoms with van der Waals surface area (Å²) in [5.74, 6) is 1.36. The van der Waals surface area contributed by atoms with Crippen LogP contribution in [0.15, 0.2) is 36.5 Å². The van der Waals surface area contributed by atoms with Gasteiger partial charge in [-0.25, -0.2) is 4.98 Å². The van der Waals surface area contributed by atoms with Crippen LogP contribution in [0.4, 0.5) is 5.82 Å². The SMILES string of the molecule is O=C(O)CC(NC(=O)c1ccn2c(NC3CCCCC3)c(-c3ccc4c(c3)OCO4)nc2c1)C1CCCCC1. The molecule has 2 aliphatic carbocycles. The highest BCUT2D eigenvalue weighted by atomic mass is 16.7. The Morgan fingerprint density at radius 3 is 2.49 bits per heavy atom. The Labute approximate surface area is 227 Å². The summed E-state index contributed by atoms with van der Waals surface area (Å²) >= 11 is 0. The largest absolute Gasteiger partial charge is 0.481 e. The summed E-state index contributed by atoms with van der Waals surface area (Å²) < 4.78 is 13.1. The van der Waals surface area contributed by atoms with Gasteiger partial charge in [0.1, 0.15) is 17.2 Å². The number of imidazole rings is 1. The highest BCUT2D eigenvalue weighted by Gasteiger charge is 2.28. The third kappa shape index (κ3) is 5.53. The van der Waals surface area contributed by atoms with Crippen LogP contribution in [0, 0.1) is 5.92 Å². The summed E-state index contributed by atoms with van der Waals surface area (Å²) in [5.41, 5.74) is 2.83. The molecule has 1 atom stereocenters. The highest BCUT2D eigenvalue weighted by molar-refractivity contribution is 5.96. The minimum atomic E-state index is -0.888. The van der Waals surface area contributed by atoms with Crippen molar-refractivity contribution >= 4 is 23.3 Å². The number of hydrogen-bond acceptors (Lipinski definition) is 6. The van der Waals surface area contributed by atoms with Crippen molar-refractivity contribution in [2.75, 3.05) is 12.1 Å². The molecule has 0 bridgehead atoms. The zero-order valence-corrected chi connectivity index (χ0v) is 22.2. The fraction of sp³-hybridized carbons (Fsp3) is 0.500. The fourth-order valence-corrected chi connectivity index (χ4v) is 6.32. The number of nitrogens with one attached hydrogen (secondary N) is 2. The number of hydrogen-bond donors (Lipinski definition) is 3. The molecule has 3 aliphatic rings. The van der Waals surface area contributed by atoms with Crippen LogP contribution >= 0.6 is 0 Å². The minimum absolute atomic E-state index is 0.0637. The van der Waals surface area contributed by atoms with E-state index in [1.54, 1.807) is 12.1 Å². The van der Waals surface area contributed by atoms with Gasteiger partial charge in [0.25, 0.3) is 5.91 Å². The Bertz CT molecular complexity index is 1360. The number of aromatic nitrogens is 2. The molecule has 39 heavy (non-hydrogen) atoms. The lowest BCUT2D eigenvalue weighted by Crippen LogP contribution is -2.42. The third-order valence-corrected chi connectivity index (χ3v) is 8.41. The Hall–Kier alpha value is -3.75. The first kappa shape index (κ1) is 25.5. The minimum Gasteiger partial charge on any atom is -0.481 e. The van der Waals surface area contributed by atoms with E-state index in [4.69, 9.17) is 14.5 Å². The van der Waals surface area contributed by atoms with Gasteiger partial charge in [0.15, 0.2) is 11.5 Å². The number of carboxylic acids is 1. The number of ether oxygens (including phenoxy) is 2. The van der Waals surface area contributed by atoms with E-state index in [0.717, 1.165) is 61.3 Å². The van der Waals surface area contributed by atoms with Gasteiger partial charge in [0.2, 0.25) is 6.79 Å². The van der Waals surface area contributed by atoms with Crippen LogP contribution in [0.3, 0.4) is 0 Å². The molecule has 1 aromatic carbocycles. The molecular weight excluding hydrogens is 496 g/mol. The van der Waals surface area contributed by atoms with E-state index in [1.165, 1.54) is 25.7 Å². The highest BCUT2D eigenvalue weighted by Crippen LogP contribution is 2.39. The average Bonchev–Trinajstić information content (AvgIpc) is 3.57. The van der Waals surface area contributed by atoms with E-state index in [1.807, 2.05) is 28.8 Å². The Kier molecular flexibility index (Phi) is 7.30. The van der Waals surface area contributed by atoms with Gasteiger partial charge in [0, 0.05) is 29.4 Å². The van der Waals surface area contributed by atoms with Crippen molar-refractivity contribution in [2.45, 2.75) is 82.7 Å². The predicted molar refractivity (Wildman–Crippen MR) is 147 cm³/mol. The van der Waals surface area contributed by atoms with Crippen LogP contribution in [-0.4, -0.2) is 45.2 Å². The number of carbonyl (C=O) groups is 2. The number of benzene rings is 1.